The molecule has 6 heteroatoms. The summed E-state index contributed by atoms with van der Waals surface area (Å²) in [6.45, 7) is -0.0636. The summed E-state index contributed by atoms with van der Waals surface area (Å²) in [5.74, 6) is -0.553. The highest BCUT2D eigenvalue weighted by atomic mass is 16.3. The van der Waals surface area contributed by atoms with Crippen molar-refractivity contribution in [1.82, 2.24) is 4.57 Å². The lowest BCUT2D eigenvalue weighted by molar-refractivity contribution is 0.197. The average molecular weight is 286 g/mol. The van der Waals surface area contributed by atoms with Gasteiger partial charge in [-0.05, 0) is 17.7 Å². The van der Waals surface area contributed by atoms with E-state index in [9.17, 15) is 15.0 Å². The second-order valence-electron chi connectivity index (χ2n) is 4.47. The Morgan fingerprint density at radius 2 is 1.90 bits per heavy atom. The summed E-state index contributed by atoms with van der Waals surface area (Å²) in [7, 11) is 0. The molecular weight excluding hydrogens is 272 g/mol. The Kier molecular flexibility index (Phi) is 4.38. The van der Waals surface area contributed by atoms with Crippen LogP contribution in [0.3, 0.4) is 0 Å². The molecule has 6 nitrogen and oxygen atoms in total. The predicted molar refractivity (Wildman–Crippen MR) is 74.7 cm³/mol. The number of aliphatic hydroxyl groups is 2. The van der Waals surface area contributed by atoms with Gasteiger partial charge in [0, 0.05) is 18.8 Å². The van der Waals surface area contributed by atoms with Crippen molar-refractivity contribution in [2.24, 2.45) is 0 Å². The molecule has 0 aliphatic carbocycles. The quantitative estimate of drug-likeness (QED) is 0.758. The zero-order valence-electron chi connectivity index (χ0n) is 11.1. The van der Waals surface area contributed by atoms with Crippen molar-refractivity contribution in [1.29, 1.82) is 5.26 Å². The topological polar surface area (TPSA) is 106 Å². The summed E-state index contributed by atoms with van der Waals surface area (Å²) in [5, 5.41) is 38.1. The number of aliphatic hydroxyl groups excluding tert-OH is 2. The van der Waals surface area contributed by atoms with Gasteiger partial charge < -0.3 is 19.9 Å². The van der Waals surface area contributed by atoms with Gasteiger partial charge in [0.15, 0.2) is 5.75 Å². The molecule has 2 aromatic rings. The van der Waals surface area contributed by atoms with Gasteiger partial charge in [0.1, 0.15) is 6.10 Å². The molecule has 0 aliphatic rings. The highest BCUT2D eigenvalue weighted by molar-refractivity contribution is 5.38. The van der Waals surface area contributed by atoms with E-state index in [1.807, 2.05) is 6.07 Å². The Labute approximate surface area is 120 Å². The van der Waals surface area contributed by atoms with Gasteiger partial charge in [-0.15, -0.1) is 0 Å². The lowest BCUT2D eigenvalue weighted by Crippen LogP contribution is -2.18. The summed E-state index contributed by atoms with van der Waals surface area (Å²) in [4.78, 5) is 11.6. The van der Waals surface area contributed by atoms with E-state index in [1.165, 1.54) is 29.0 Å². The predicted octanol–water partition coefficient (Wildman–Crippen LogP) is 0.500. The van der Waals surface area contributed by atoms with E-state index in [-0.39, 0.29) is 18.8 Å². The SMILES string of the molecule is N#Cc1ccc(C(O)c2c(O)c(=O)ccn2CCO)cc1. The minimum Gasteiger partial charge on any atom is -0.503 e. The van der Waals surface area contributed by atoms with Crippen molar-refractivity contribution >= 4 is 0 Å². The number of hydrogen-bond donors (Lipinski definition) is 3. The van der Waals surface area contributed by atoms with Crippen molar-refractivity contribution in [3.63, 3.8) is 0 Å². The van der Waals surface area contributed by atoms with Crippen molar-refractivity contribution in [3.05, 3.63) is 63.6 Å². The van der Waals surface area contributed by atoms with Crippen LogP contribution in [-0.4, -0.2) is 26.5 Å². The molecule has 0 saturated heterocycles. The van der Waals surface area contributed by atoms with Crippen LogP contribution in [0.5, 0.6) is 5.75 Å². The first-order valence-corrected chi connectivity index (χ1v) is 6.29. The Balaban J connectivity index is 2.50. The monoisotopic (exact) mass is 286 g/mol. The molecule has 0 radical (unpaired) electrons. The first kappa shape index (κ1) is 14.8. The fourth-order valence-corrected chi connectivity index (χ4v) is 2.07. The third-order valence-electron chi connectivity index (χ3n) is 3.15. The normalized spacial score (nSPS) is 11.9. The maximum absolute atomic E-state index is 11.6. The molecule has 0 saturated carbocycles. The van der Waals surface area contributed by atoms with Crippen molar-refractivity contribution < 1.29 is 15.3 Å². The highest BCUT2D eigenvalue weighted by Gasteiger charge is 2.20. The molecule has 0 amide bonds. The van der Waals surface area contributed by atoms with Crippen LogP contribution in [0.1, 0.15) is 22.9 Å². The molecular formula is C15H14N2O4. The van der Waals surface area contributed by atoms with Crippen molar-refractivity contribution in [2.45, 2.75) is 12.6 Å². The zero-order chi connectivity index (χ0) is 15.4. The highest BCUT2D eigenvalue weighted by Crippen LogP contribution is 2.27. The van der Waals surface area contributed by atoms with E-state index in [1.54, 1.807) is 12.1 Å². The molecule has 0 bridgehead atoms. The lowest BCUT2D eigenvalue weighted by Gasteiger charge is -2.19. The fraction of sp³-hybridized carbons (Fsp3) is 0.200. The number of rotatable bonds is 4. The van der Waals surface area contributed by atoms with Crippen LogP contribution < -0.4 is 5.43 Å². The zero-order valence-corrected chi connectivity index (χ0v) is 11.1. The maximum Gasteiger partial charge on any atom is 0.223 e. The van der Waals surface area contributed by atoms with Crippen LogP contribution in [0, 0.1) is 11.3 Å². The molecule has 21 heavy (non-hydrogen) atoms. The van der Waals surface area contributed by atoms with Crippen LogP contribution >= 0.6 is 0 Å². The summed E-state index contributed by atoms with van der Waals surface area (Å²) < 4.78 is 1.42. The molecule has 0 fully saturated rings. The van der Waals surface area contributed by atoms with Gasteiger partial charge in [-0.25, -0.2) is 0 Å². The molecule has 1 unspecified atom stereocenters. The van der Waals surface area contributed by atoms with E-state index in [0.717, 1.165) is 0 Å². The first-order valence-electron chi connectivity index (χ1n) is 6.29. The summed E-state index contributed by atoms with van der Waals surface area (Å²) in [6, 6.07) is 9.29. The van der Waals surface area contributed by atoms with Gasteiger partial charge in [0.25, 0.3) is 0 Å². The molecule has 0 aliphatic heterocycles. The van der Waals surface area contributed by atoms with E-state index < -0.39 is 17.3 Å². The molecule has 1 aromatic heterocycles. The van der Waals surface area contributed by atoms with Crippen LogP contribution in [0.4, 0.5) is 0 Å². The average Bonchev–Trinajstić information content (AvgIpc) is 2.51. The number of nitriles is 1. The second-order valence-corrected chi connectivity index (χ2v) is 4.47. The van der Waals surface area contributed by atoms with Crippen molar-refractivity contribution in [2.75, 3.05) is 6.61 Å². The second kappa shape index (κ2) is 6.22. The molecule has 1 aromatic carbocycles. The summed E-state index contributed by atoms with van der Waals surface area (Å²) in [6.07, 6.45) is 0.165. The summed E-state index contributed by atoms with van der Waals surface area (Å²) in [5.41, 5.74) is 0.283. The minimum absolute atomic E-state index is 0.0151. The van der Waals surface area contributed by atoms with Gasteiger partial charge in [0.2, 0.25) is 5.43 Å². The lowest BCUT2D eigenvalue weighted by atomic mass is 10.0. The van der Waals surface area contributed by atoms with Gasteiger partial charge in [0.05, 0.1) is 23.9 Å². The number of aromatic hydroxyl groups is 1. The number of hydrogen-bond acceptors (Lipinski definition) is 5. The molecule has 108 valence electrons. The molecule has 1 atom stereocenters. The van der Waals surface area contributed by atoms with Crippen LogP contribution in [0.2, 0.25) is 0 Å². The Hall–Kier alpha value is -2.62. The van der Waals surface area contributed by atoms with Gasteiger partial charge in [-0.1, -0.05) is 12.1 Å². The smallest absolute Gasteiger partial charge is 0.223 e. The number of aromatic nitrogens is 1. The number of nitrogens with zero attached hydrogens (tertiary/aromatic N) is 2. The third-order valence-corrected chi connectivity index (χ3v) is 3.15. The Morgan fingerprint density at radius 3 is 2.48 bits per heavy atom. The molecule has 3 N–H and O–H groups in total. The fourth-order valence-electron chi connectivity index (χ4n) is 2.07. The van der Waals surface area contributed by atoms with E-state index >= 15 is 0 Å². The van der Waals surface area contributed by atoms with Crippen LogP contribution in [0.15, 0.2) is 41.3 Å². The summed E-state index contributed by atoms with van der Waals surface area (Å²) >= 11 is 0. The van der Waals surface area contributed by atoms with Gasteiger partial charge >= 0.3 is 0 Å². The number of pyridine rings is 1. The largest absolute Gasteiger partial charge is 0.503 e. The molecule has 1 heterocycles. The van der Waals surface area contributed by atoms with Crippen LogP contribution in [-0.2, 0) is 6.54 Å². The molecule has 0 spiro atoms. The third kappa shape index (κ3) is 2.94. The number of benzene rings is 1. The Bertz CT molecular complexity index is 729. The van der Waals surface area contributed by atoms with E-state index in [0.29, 0.717) is 11.1 Å². The van der Waals surface area contributed by atoms with Crippen molar-refractivity contribution in [3.8, 4) is 11.8 Å². The van der Waals surface area contributed by atoms with Crippen LogP contribution in [0.25, 0.3) is 0 Å². The van der Waals surface area contributed by atoms with E-state index in [4.69, 9.17) is 10.4 Å². The maximum atomic E-state index is 11.6. The Morgan fingerprint density at radius 1 is 1.24 bits per heavy atom. The minimum atomic E-state index is -1.24. The standard InChI is InChI=1S/C15H14N2O4/c16-9-10-1-3-11(4-2-10)14(20)13-15(21)12(19)5-6-17(13)7-8-18/h1-6,14,18,20-21H,7-8H2. The van der Waals surface area contributed by atoms with Gasteiger partial charge in [-0.3, -0.25) is 4.79 Å². The molecule has 2 rings (SSSR count). The first-order chi connectivity index (χ1) is 10.1. The van der Waals surface area contributed by atoms with E-state index in [2.05, 4.69) is 0 Å². The van der Waals surface area contributed by atoms with Gasteiger partial charge in [-0.2, -0.15) is 5.26 Å².